The first-order chi connectivity index (χ1) is 18.1. The number of hydrogen-bond acceptors (Lipinski definition) is 6. The fraction of sp³-hybridized carbons (Fsp3) is 0.214. The highest BCUT2D eigenvalue weighted by Gasteiger charge is 2.40. The lowest BCUT2D eigenvalue weighted by atomic mass is 10.0. The van der Waals surface area contributed by atoms with Crippen molar-refractivity contribution < 1.29 is 36.6 Å². The zero-order valence-electron chi connectivity index (χ0n) is 20.7. The standard InChI is InChI=1S/C28H24F3NO6/c1-16(2)20-6-4-5-7-22(20)32-24(33)15-36-19-12-13-21-23(14-19)38-27(28(29,30)31)26(25(21)34)37-18-10-8-17(35-3)9-11-18/h4-14,16H,15H2,1-3H3,(H,32,33). The second-order valence-corrected chi connectivity index (χ2v) is 8.60. The summed E-state index contributed by atoms with van der Waals surface area (Å²) >= 11 is 0. The predicted molar refractivity (Wildman–Crippen MR) is 135 cm³/mol. The molecule has 1 heterocycles. The number of nitrogens with one attached hydrogen (secondary N) is 1. The van der Waals surface area contributed by atoms with E-state index in [1.54, 1.807) is 12.1 Å². The van der Waals surface area contributed by atoms with Gasteiger partial charge >= 0.3 is 6.18 Å². The van der Waals surface area contributed by atoms with Crippen LogP contribution in [0, 0.1) is 0 Å². The molecule has 0 fully saturated rings. The number of para-hydroxylation sites is 1. The third-order valence-corrected chi connectivity index (χ3v) is 5.59. The van der Waals surface area contributed by atoms with Crippen molar-refractivity contribution >= 4 is 22.6 Å². The molecule has 0 unspecified atom stereocenters. The van der Waals surface area contributed by atoms with E-state index in [9.17, 15) is 22.8 Å². The number of benzene rings is 3. The lowest BCUT2D eigenvalue weighted by molar-refractivity contribution is -0.154. The SMILES string of the molecule is COc1ccc(Oc2c(C(F)(F)F)oc3cc(OCC(=O)Nc4ccccc4C(C)C)ccc3c2=O)cc1. The third-order valence-electron chi connectivity index (χ3n) is 5.59. The monoisotopic (exact) mass is 527 g/mol. The Hall–Kier alpha value is -4.47. The molecule has 1 amide bonds. The zero-order chi connectivity index (χ0) is 27.4. The minimum absolute atomic E-state index is 0.00652. The van der Waals surface area contributed by atoms with E-state index in [1.807, 2.05) is 26.0 Å². The molecule has 0 saturated heterocycles. The van der Waals surface area contributed by atoms with Crippen LogP contribution in [0.3, 0.4) is 0 Å². The Kier molecular flexibility index (Phi) is 7.61. The summed E-state index contributed by atoms with van der Waals surface area (Å²) in [4.78, 5) is 25.4. The quantitative estimate of drug-likeness (QED) is 0.273. The van der Waals surface area contributed by atoms with Crippen molar-refractivity contribution in [1.82, 2.24) is 0 Å². The van der Waals surface area contributed by atoms with Gasteiger partial charge in [0.15, 0.2) is 6.61 Å². The number of ether oxygens (including phenoxy) is 3. The minimum atomic E-state index is -5.02. The first-order valence-corrected chi connectivity index (χ1v) is 11.6. The second-order valence-electron chi connectivity index (χ2n) is 8.60. The Bertz CT molecular complexity index is 1510. The van der Waals surface area contributed by atoms with Crippen molar-refractivity contribution in [1.29, 1.82) is 0 Å². The van der Waals surface area contributed by atoms with Crippen molar-refractivity contribution in [2.24, 2.45) is 0 Å². The van der Waals surface area contributed by atoms with Gasteiger partial charge in [0.2, 0.25) is 11.2 Å². The van der Waals surface area contributed by atoms with Gasteiger partial charge < -0.3 is 23.9 Å². The number of methoxy groups -OCH3 is 1. The maximum Gasteiger partial charge on any atom is 0.453 e. The number of amides is 1. The van der Waals surface area contributed by atoms with E-state index in [0.717, 1.165) is 11.6 Å². The van der Waals surface area contributed by atoms with E-state index < -0.39 is 35.6 Å². The van der Waals surface area contributed by atoms with Crippen LogP contribution in [0.25, 0.3) is 11.0 Å². The molecule has 7 nitrogen and oxygen atoms in total. The minimum Gasteiger partial charge on any atom is -0.497 e. The number of halogens is 3. The van der Waals surface area contributed by atoms with E-state index >= 15 is 0 Å². The Morgan fingerprint density at radius 3 is 2.29 bits per heavy atom. The smallest absolute Gasteiger partial charge is 0.453 e. The summed E-state index contributed by atoms with van der Waals surface area (Å²) in [5.74, 6) is -2.36. The average molecular weight is 527 g/mol. The van der Waals surface area contributed by atoms with Gasteiger partial charge in [0, 0.05) is 11.8 Å². The molecule has 0 spiro atoms. The van der Waals surface area contributed by atoms with Crippen LogP contribution in [0.5, 0.6) is 23.0 Å². The van der Waals surface area contributed by atoms with Crippen LogP contribution >= 0.6 is 0 Å². The first kappa shape index (κ1) is 26.6. The van der Waals surface area contributed by atoms with E-state index in [-0.39, 0.29) is 28.4 Å². The normalized spacial score (nSPS) is 11.4. The summed E-state index contributed by atoms with van der Waals surface area (Å²) in [6.45, 7) is 3.58. The van der Waals surface area contributed by atoms with Crippen LogP contribution in [-0.4, -0.2) is 19.6 Å². The summed E-state index contributed by atoms with van der Waals surface area (Å²) in [6.07, 6.45) is -5.02. The Labute approximate surface area is 215 Å². The van der Waals surface area contributed by atoms with Gasteiger partial charge in [-0.05, 0) is 53.9 Å². The number of fused-ring (bicyclic) bond motifs is 1. The average Bonchev–Trinajstić information content (AvgIpc) is 2.89. The van der Waals surface area contributed by atoms with E-state index in [1.165, 1.54) is 43.5 Å². The van der Waals surface area contributed by atoms with Gasteiger partial charge in [-0.1, -0.05) is 32.0 Å². The molecule has 0 saturated carbocycles. The van der Waals surface area contributed by atoms with Gasteiger partial charge in [-0.3, -0.25) is 9.59 Å². The summed E-state index contributed by atoms with van der Waals surface area (Å²) in [5.41, 5.74) is 0.205. The van der Waals surface area contributed by atoms with E-state index in [0.29, 0.717) is 11.4 Å². The van der Waals surface area contributed by atoms with Crippen LogP contribution < -0.4 is 25.0 Å². The van der Waals surface area contributed by atoms with Crippen molar-refractivity contribution in [3.05, 3.63) is 88.3 Å². The van der Waals surface area contributed by atoms with Gasteiger partial charge in [0.25, 0.3) is 11.7 Å². The van der Waals surface area contributed by atoms with Gasteiger partial charge in [0.1, 0.15) is 22.8 Å². The molecule has 0 aliphatic heterocycles. The predicted octanol–water partition coefficient (Wildman–Crippen LogP) is 6.75. The zero-order valence-corrected chi connectivity index (χ0v) is 20.7. The van der Waals surface area contributed by atoms with Crippen LogP contribution in [0.15, 0.2) is 75.9 Å². The summed E-state index contributed by atoms with van der Waals surface area (Å²) in [5, 5.41) is 2.62. The lowest BCUT2D eigenvalue weighted by Gasteiger charge is -2.15. The van der Waals surface area contributed by atoms with Crippen LogP contribution in [-0.2, 0) is 11.0 Å². The molecule has 38 heavy (non-hydrogen) atoms. The second kappa shape index (κ2) is 10.9. The van der Waals surface area contributed by atoms with Crippen molar-refractivity contribution in [2.75, 3.05) is 19.0 Å². The highest BCUT2D eigenvalue weighted by atomic mass is 19.4. The van der Waals surface area contributed by atoms with E-state index in [2.05, 4.69) is 5.32 Å². The number of carbonyl (C=O) groups excluding carboxylic acids is 1. The highest BCUT2D eigenvalue weighted by molar-refractivity contribution is 5.92. The molecule has 0 atom stereocenters. The van der Waals surface area contributed by atoms with Crippen molar-refractivity contribution in [3.63, 3.8) is 0 Å². The number of carbonyl (C=O) groups is 1. The van der Waals surface area contributed by atoms with Crippen molar-refractivity contribution in [3.8, 4) is 23.0 Å². The number of alkyl halides is 3. The molecule has 4 aromatic rings. The van der Waals surface area contributed by atoms with Crippen LogP contribution in [0.4, 0.5) is 18.9 Å². The molecule has 0 aliphatic carbocycles. The molecule has 4 rings (SSSR count). The maximum absolute atomic E-state index is 13.8. The van der Waals surface area contributed by atoms with Crippen LogP contribution in [0.2, 0.25) is 0 Å². The molecular formula is C28H24F3NO6. The molecule has 0 radical (unpaired) electrons. The van der Waals surface area contributed by atoms with Crippen molar-refractivity contribution in [2.45, 2.75) is 25.9 Å². The van der Waals surface area contributed by atoms with Gasteiger partial charge in [-0.15, -0.1) is 0 Å². The third kappa shape index (κ3) is 5.91. The molecule has 3 aromatic carbocycles. The molecule has 10 heteroatoms. The maximum atomic E-state index is 13.8. The van der Waals surface area contributed by atoms with Gasteiger partial charge in [-0.25, -0.2) is 0 Å². The summed E-state index contributed by atoms with van der Waals surface area (Å²) in [7, 11) is 1.44. The Morgan fingerprint density at radius 2 is 1.63 bits per heavy atom. The molecule has 0 bridgehead atoms. The van der Waals surface area contributed by atoms with Gasteiger partial charge in [-0.2, -0.15) is 13.2 Å². The first-order valence-electron chi connectivity index (χ1n) is 11.6. The highest BCUT2D eigenvalue weighted by Crippen LogP contribution is 2.39. The molecular weight excluding hydrogens is 503 g/mol. The molecule has 0 aliphatic rings. The largest absolute Gasteiger partial charge is 0.497 e. The Balaban J connectivity index is 1.58. The summed E-state index contributed by atoms with van der Waals surface area (Å²) < 4.78 is 62.3. The molecule has 1 aromatic heterocycles. The molecule has 198 valence electrons. The van der Waals surface area contributed by atoms with E-state index in [4.69, 9.17) is 18.6 Å². The number of rotatable bonds is 8. The number of anilines is 1. The number of hydrogen-bond donors (Lipinski definition) is 1. The topological polar surface area (TPSA) is 87.0 Å². The van der Waals surface area contributed by atoms with Crippen LogP contribution in [0.1, 0.15) is 31.1 Å². The fourth-order valence-corrected chi connectivity index (χ4v) is 3.74. The fourth-order valence-electron chi connectivity index (χ4n) is 3.74. The lowest BCUT2D eigenvalue weighted by Crippen LogP contribution is -2.21. The summed E-state index contributed by atoms with van der Waals surface area (Å²) in [6, 6.07) is 16.7. The molecule has 1 N–H and O–H groups in total. The van der Waals surface area contributed by atoms with Gasteiger partial charge in [0.05, 0.1) is 12.5 Å². The Morgan fingerprint density at radius 1 is 0.974 bits per heavy atom.